The van der Waals surface area contributed by atoms with Crippen molar-refractivity contribution in [2.45, 2.75) is 13.8 Å². The van der Waals surface area contributed by atoms with Crippen LogP contribution in [-0.4, -0.2) is 31.1 Å². The minimum absolute atomic E-state index is 0.226. The number of hydrogen-bond acceptors (Lipinski definition) is 6. The predicted molar refractivity (Wildman–Crippen MR) is 86.2 cm³/mol. The summed E-state index contributed by atoms with van der Waals surface area (Å²) in [5.41, 5.74) is 8.79. The molecule has 0 radical (unpaired) electrons. The van der Waals surface area contributed by atoms with Crippen molar-refractivity contribution in [3.8, 4) is 11.1 Å². The van der Waals surface area contributed by atoms with Crippen LogP contribution in [0.25, 0.3) is 11.1 Å². The van der Waals surface area contributed by atoms with Crippen molar-refractivity contribution in [1.82, 2.24) is 4.98 Å². The van der Waals surface area contributed by atoms with E-state index >= 15 is 0 Å². The van der Waals surface area contributed by atoms with Crippen molar-refractivity contribution in [2.75, 3.05) is 20.0 Å². The molecule has 2 aromatic rings. The van der Waals surface area contributed by atoms with E-state index in [-0.39, 0.29) is 11.1 Å². The first-order valence-electron chi connectivity index (χ1n) is 6.94. The number of pyridine rings is 1. The summed E-state index contributed by atoms with van der Waals surface area (Å²) in [7, 11) is 2.56. The molecule has 0 atom stereocenters. The number of nitrogens with two attached hydrogens (primary N) is 1. The number of benzene rings is 1. The lowest BCUT2D eigenvalue weighted by Gasteiger charge is -2.17. The van der Waals surface area contributed by atoms with Gasteiger partial charge in [0.25, 0.3) is 0 Å². The van der Waals surface area contributed by atoms with Crippen molar-refractivity contribution >= 4 is 17.6 Å². The van der Waals surface area contributed by atoms with Gasteiger partial charge in [0.2, 0.25) is 0 Å². The zero-order valence-corrected chi connectivity index (χ0v) is 13.5. The zero-order valence-electron chi connectivity index (χ0n) is 13.5. The number of carbonyl (C=O) groups excluding carboxylic acids is 2. The summed E-state index contributed by atoms with van der Waals surface area (Å²) < 4.78 is 9.71. The van der Waals surface area contributed by atoms with Gasteiger partial charge in [-0.25, -0.2) is 9.59 Å². The molecule has 0 fully saturated rings. The van der Waals surface area contributed by atoms with Crippen molar-refractivity contribution < 1.29 is 19.1 Å². The first kappa shape index (κ1) is 16.5. The molecule has 1 heterocycles. The number of rotatable bonds is 3. The zero-order chi connectivity index (χ0) is 17.1. The van der Waals surface area contributed by atoms with Gasteiger partial charge in [-0.2, -0.15) is 0 Å². The van der Waals surface area contributed by atoms with Gasteiger partial charge in [0.1, 0.15) is 0 Å². The van der Waals surface area contributed by atoms with Crippen LogP contribution in [0.15, 0.2) is 24.3 Å². The van der Waals surface area contributed by atoms with E-state index in [1.165, 1.54) is 14.2 Å². The summed E-state index contributed by atoms with van der Waals surface area (Å²) in [6.45, 7) is 3.38. The maximum atomic E-state index is 12.2. The van der Waals surface area contributed by atoms with E-state index in [0.29, 0.717) is 28.2 Å². The fourth-order valence-electron chi connectivity index (χ4n) is 2.54. The van der Waals surface area contributed by atoms with Crippen LogP contribution in [0.5, 0.6) is 0 Å². The van der Waals surface area contributed by atoms with E-state index in [1.54, 1.807) is 38.1 Å². The van der Waals surface area contributed by atoms with E-state index in [9.17, 15) is 9.59 Å². The van der Waals surface area contributed by atoms with Gasteiger partial charge in [-0.15, -0.1) is 0 Å². The van der Waals surface area contributed by atoms with Gasteiger partial charge < -0.3 is 15.2 Å². The minimum Gasteiger partial charge on any atom is -0.465 e. The van der Waals surface area contributed by atoms with E-state index in [2.05, 4.69) is 4.98 Å². The number of carbonyl (C=O) groups is 2. The molecule has 0 unspecified atom stereocenters. The van der Waals surface area contributed by atoms with Crippen molar-refractivity contribution in [3.63, 3.8) is 0 Å². The number of methoxy groups -OCH3 is 2. The van der Waals surface area contributed by atoms with Crippen molar-refractivity contribution in [1.29, 1.82) is 0 Å². The van der Waals surface area contributed by atoms with Gasteiger partial charge >= 0.3 is 11.9 Å². The first-order chi connectivity index (χ1) is 10.9. The van der Waals surface area contributed by atoms with Crippen LogP contribution >= 0.6 is 0 Å². The van der Waals surface area contributed by atoms with Crippen LogP contribution in [-0.2, 0) is 9.47 Å². The molecule has 0 aliphatic carbocycles. The average molecular weight is 314 g/mol. The molecule has 23 heavy (non-hydrogen) atoms. The summed E-state index contributed by atoms with van der Waals surface area (Å²) in [6, 6.07) is 6.93. The normalized spacial score (nSPS) is 10.3. The van der Waals surface area contributed by atoms with Gasteiger partial charge in [0.15, 0.2) is 0 Å². The smallest absolute Gasteiger partial charge is 0.340 e. The van der Waals surface area contributed by atoms with Crippen LogP contribution in [0, 0.1) is 13.8 Å². The summed E-state index contributed by atoms with van der Waals surface area (Å²) in [5.74, 6) is -1.14. The molecule has 0 aliphatic rings. The molecule has 120 valence electrons. The number of esters is 2. The lowest BCUT2D eigenvalue weighted by atomic mass is 9.92. The number of nitrogens with zero attached hydrogens (tertiary/aromatic N) is 1. The molecule has 0 saturated heterocycles. The Morgan fingerprint density at radius 1 is 1.00 bits per heavy atom. The molecule has 1 aromatic heterocycles. The molecule has 0 spiro atoms. The second-order valence-electron chi connectivity index (χ2n) is 5.02. The summed E-state index contributed by atoms with van der Waals surface area (Å²) in [6.07, 6.45) is 0. The first-order valence-corrected chi connectivity index (χ1v) is 6.94. The Hall–Kier alpha value is -2.89. The third-order valence-corrected chi connectivity index (χ3v) is 3.51. The maximum Gasteiger partial charge on any atom is 0.340 e. The minimum atomic E-state index is -0.572. The SMILES string of the molecule is COC(=O)c1c(C)nc(C)c(C(=O)OC)c1-c1cccc(N)c1. The van der Waals surface area contributed by atoms with Gasteiger partial charge in [0.05, 0.1) is 36.7 Å². The van der Waals surface area contributed by atoms with Gasteiger partial charge in [-0.05, 0) is 31.5 Å². The van der Waals surface area contributed by atoms with Crippen LogP contribution < -0.4 is 5.73 Å². The fourth-order valence-corrected chi connectivity index (χ4v) is 2.54. The molecule has 2 rings (SSSR count). The van der Waals surface area contributed by atoms with Gasteiger partial charge in [-0.3, -0.25) is 4.98 Å². The third kappa shape index (κ3) is 3.01. The Morgan fingerprint density at radius 2 is 1.52 bits per heavy atom. The molecule has 0 saturated carbocycles. The highest BCUT2D eigenvalue weighted by Crippen LogP contribution is 2.33. The van der Waals surface area contributed by atoms with Crippen LogP contribution in [0.4, 0.5) is 5.69 Å². The highest BCUT2D eigenvalue weighted by molar-refractivity contribution is 6.07. The standard InChI is InChI=1S/C17H18N2O4/c1-9-13(16(20)22-3)15(11-6-5-7-12(18)8-11)14(10(2)19-9)17(21)23-4/h5-8H,18H2,1-4H3. The van der Waals surface area contributed by atoms with Crippen molar-refractivity contribution in [3.05, 3.63) is 46.8 Å². The van der Waals surface area contributed by atoms with E-state index in [4.69, 9.17) is 15.2 Å². The van der Waals surface area contributed by atoms with Crippen LogP contribution in [0.2, 0.25) is 0 Å². The summed E-state index contributed by atoms with van der Waals surface area (Å²) in [5, 5.41) is 0. The van der Waals surface area contributed by atoms with Gasteiger partial charge in [-0.1, -0.05) is 12.1 Å². The molecule has 2 N–H and O–H groups in total. The Labute approximate surface area is 134 Å². The number of hydrogen-bond donors (Lipinski definition) is 1. The molecule has 0 amide bonds. The number of aryl methyl sites for hydroxylation is 2. The predicted octanol–water partition coefficient (Wildman–Crippen LogP) is 2.52. The highest BCUT2D eigenvalue weighted by Gasteiger charge is 2.27. The highest BCUT2D eigenvalue weighted by atomic mass is 16.5. The van der Waals surface area contributed by atoms with Crippen LogP contribution in [0.1, 0.15) is 32.1 Å². The number of nitrogen functional groups attached to an aromatic ring is 1. The Balaban J connectivity index is 2.93. The second-order valence-corrected chi connectivity index (χ2v) is 5.02. The molecule has 1 aromatic carbocycles. The second kappa shape index (κ2) is 6.48. The van der Waals surface area contributed by atoms with E-state index < -0.39 is 11.9 Å². The molecular formula is C17H18N2O4. The Bertz CT molecular complexity index is 744. The summed E-state index contributed by atoms with van der Waals surface area (Å²) in [4.78, 5) is 28.8. The number of anilines is 1. The third-order valence-electron chi connectivity index (χ3n) is 3.51. The number of aromatic nitrogens is 1. The quantitative estimate of drug-likeness (QED) is 0.691. The molecular weight excluding hydrogens is 296 g/mol. The molecule has 0 aliphatic heterocycles. The lowest BCUT2D eigenvalue weighted by molar-refractivity contribution is 0.0599. The van der Waals surface area contributed by atoms with Crippen LogP contribution in [0.3, 0.4) is 0 Å². The maximum absolute atomic E-state index is 12.2. The number of ether oxygens (including phenoxy) is 2. The topological polar surface area (TPSA) is 91.5 Å². The fraction of sp³-hybridized carbons (Fsp3) is 0.235. The molecule has 6 nitrogen and oxygen atoms in total. The Kier molecular flexibility index (Phi) is 4.64. The lowest BCUT2D eigenvalue weighted by Crippen LogP contribution is -2.16. The van der Waals surface area contributed by atoms with Crippen molar-refractivity contribution in [2.24, 2.45) is 0 Å². The molecule has 0 bridgehead atoms. The van der Waals surface area contributed by atoms with E-state index in [0.717, 1.165) is 0 Å². The monoisotopic (exact) mass is 314 g/mol. The Morgan fingerprint density at radius 3 is 1.96 bits per heavy atom. The van der Waals surface area contributed by atoms with Gasteiger partial charge in [0, 0.05) is 11.3 Å². The average Bonchev–Trinajstić information content (AvgIpc) is 2.52. The molecule has 6 heteroatoms. The largest absolute Gasteiger partial charge is 0.465 e. The summed E-state index contributed by atoms with van der Waals surface area (Å²) >= 11 is 0. The van der Waals surface area contributed by atoms with E-state index in [1.807, 2.05) is 0 Å².